The Morgan fingerprint density at radius 3 is 2.63 bits per heavy atom. The maximum atomic E-state index is 13.8. The standard InChI is InChI=1S/C18H21F2NO6/c1-3-16(22)26-10(2)27-18(25)21-9-11(7-15(21)17(23)24)6-12-8-13(19)4-5-14(12)20/h4-5,8,10-11,15H,3,6-7,9H2,1-2H3,(H,23,24)/t10-,11-,15-/m0/s1. The lowest BCUT2D eigenvalue weighted by molar-refractivity contribution is -0.166. The number of amides is 1. The molecular formula is C18H21F2NO6. The molecule has 0 radical (unpaired) electrons. The highest BCUT2D eigenvalue weighted by molar-refractivity contribution is 5.81. The summed E-state index contributed by atoms with van der Waals surface area (Å²) in [6, 6.07) is 1.90. The molecule has 0 bridgehead atoms. The Hall–Kier alpha value is -2.71. The summed E-state index contributed by atoms with van der Waals surface area (Å²) in [6.07, 6.45) is -1.86. The lowest BCUT2D eigenvalue weighted by Gasteiger charge is -2.23. The molecule has 1 amide bonds. The summed E-state index contributed by atoms with van der Waals surface area (Å²) in [5.41, 5.74) is 0.115. The van der Waals surface area contributed by atoms with Crippen molar-refractivity contribution in [2.24, 2.45) is 5.92 Å². The Morgan fingerprint density at radius 1 is 1.30 bits per heavy atom. The number of hydrogen-bond donors (Lipinski definition) is 1. The number of benzene rings is 1. The Balaban J connectivity index is 2.05. The fraction of sp³-hybridized carbons (Fsp3) is 0.500. The van der Waals surface area contributed by atoms with Crippen LogP contribution < -0.4 is 0 Å². The maximum absolute atomic E-state index is 13.8. The number of halogens is 2. The van der Waals surface area contributed by atoms with Gasteiger partial charge in [-0.2, -0.15) is 0 Å². The van der Waals surface area contributed by atoms with Gasteiger partial charge in [-0.05, 0) is 42.5 Å². The van der Waals surface area contributed by atoms with Crippen molar-refractivity contribution < 1.29 is 37.7 Å². The molecule has 148 valence electrons. The first-order valence-corrected chi connectivity index (χ1v) is 8.54. The molecule has 1 aliphatic rings. The molecule has 1 heterocycles. The lowest BCUT2D eigenvalue weighted by atomic mass is 9.96. The van der Waals surface area contributed by atoms with Crippen molar-refractivity contribution in [3.05, 3.63) is 35.4 Å². The van der Waals surface area contributed by atoms with Gasteiger partial charge in [0.2, 0.25) is 6.29 Å². The van der Waals surface area contributed by atoms with Crippen LogP contribution in [0.4, 0.5) is 13.6 Å². The molecule has 0 saturated carbocycles. The molecule has 9 heteroatoms. The summed E-state index contributed by atoms with van der Waals surface area (Å²) in [5.74, 6) is -3.37. The van der Waals surface area contributed by atoms with Crippen LogP contribution in [0, 0.1) is 17.6 Å². The second kappa shape index (κ2) is 8.79. The van der Waals surface area contributed by atoms with Gasteiger partial charge in [0.05, 0.1) is 0 Å². The first kappa shape index (κ1) is 20.6. The molecule has 3 atom stereocenters. The number of rotatable bonds is 6. The molecule has 1 aromatic carbocycles. The molecule has 1 fully saturated rings. The third-order valence-corrected chi connectivity index (χ3v) is 4.28. The number of aliphatic carboxylic acids is 1. The molecule has 0 aliphatic carbocycles. The van der Waals surface area contributed by atoms with Crippen molar-refractivity contribution in [3.63, 3.8) is 0 Å². The van der Waals surface area contributed by atoms with Gasteiger partial charge in [0.25, 0.3) is 0 Å². The molecule has 2 rings (SSSR count). The van der Waals surface area contributed by atoms with Crippen LogP contribution in [-0.4, -0.2) is 46.9 Å². The van der Waals surface area contributed by atoms with E-state index in [2.05, 4.69) is 0 Å². The van der Waals surface area contributed by atoms with Gasteiger partial charge in [-0.1, -0.05) is 6.92 Å². The van der Waals surface area contributed by atoms with Crippen molar-refractivity contribution >= 4 is 18.0 Å². The number of esters is 1. The minimum absolute atomic E-state index is 0.000196. The van der Waals surface area contributed by atoms with E-state index in [0.717, 1.165) is 23.1 Å². The number of likely N-dealkylation sites (tertiary alicyclic amines) is 1. The number of hydrogen-bond acceptors (Lipinski definition) is 5. The smallest absolute Gasteiger partial charge is 0.413 e. The number of carboxylic acid groups (broad SMARTS) is 1. The highest BCUT2D eigenvalue weighted by Gasteiger charge is 2.41. The molecule has 1 saturated heterocycles. The third kappa shape index (κ3) is 5.38. The van der Waals surface area contributed by atoms with Crippen LogP contribution in [0.5, 0.6) is 0 Å². The number of nitrogens with zero attached hydrogens (tertiary/aromatic N) is 1. The SMILES string of the molecule is CCC(=O)O[C@H](C)OC(=O)N1C[C@@H](Cc2cc(F)ccc2F)C[C@H]1C(=O)O. The van der Waals surface area contributed by atoms with Crippen LogP contribution in [0.3, 0.4) is 0 Å². The molecule has 0 spiro atoms. The van der Waals surface area contributed by atoms with Crippen molar-refractivity contribution in [2.45, 2.75) is 45.4 Å². The molecule has 1 aliphatic heterocycles. The predicted molar refractivity (Wildman–Crippen MR) is 88.6 cm³/mol. The normalized spacial score (nSPS) is 20.2. The Labute approximate surface area is 154 Å². The van der Waals surface area contributed by atoms with Crippen molar-refractivity contribution in [2.75, 3.05) is 6.54 Å². The summed E-state index contributed by atoms with van der Waals surface area (Å²) in [6.45, 7) is 2.92. The topological polar surface area (TPSA) is 93.1 Å². The zero-order valence-corrected chi connectivity index (χ0v) is 15.0. The van der Waals surface area contributed by atoms with Crippen LogP contribution in [0.2, 0.25) is 0 Å². The van der Waals surface area contributed by atoms with Crippen LogP contribution >= 0.6 is 0 Å². The summed E-state index contributed by atoms with van der Waals surface area (Å²) in [7, 11) is 0. The van der Waals surface area contributed by atoms with E-state index >= 15 is 0 Å². The largest absolute Gasteiger partial charge is 0.480 e. The third-order valence-electron chi connectivity index (χ3n) is 4.28. The van der Waals surface area contributed by atoms with Crippen molar-refractivity contribution in [3.8, 4) is 0 Å². The van der Waals surface area contributed by atoms with Gasteiger partial charge in [0, 0.05) is 19.9 Å². The minimum atomic E-state index is -1.23. The number of carbonyl (C=O) groups excluding carboxylic acids is 2. The maximum Gasteiger partial charge on any atom is 0.413 e. The Kier molecular flexibility index (Phi) is 6.70. The van der Waals surface area contributed by atoms with Crippen molar-refractivity contribution in [1.29, 1.82) is 0 Å². The van der Waals surface area contributed by atoms with E-state index in [1.807, 2.05) is 0 Å². The number of carbonyl (C=O) groups is 3. The molecule has 27 heavy (non-hydrogen) atoms. The zero-order valence-electron chi connectivity index (χ0n) is 15.0. The van der Waals surface area contributed by atoms with Gasteiger partial charge in [-0.15, -0.1) is 0 Å². The lowest BCUT2D eigenvalue weighted by Crippen LogP contribution is -2.42. The molecule has 1 aromatic rings. The molecular weight excluding hydrogens is 364 g/mol. The highest BCUT2D eigenvalue weighted by Crippen LogP contribution is 2.28. The molecule has 0 unspecified atom stereocenters. The average Bonchev–Trinajstić information content (AvgIpc) is 3.02. The summed E-state index contributed by atoms with van der Waals surface area (Å²) in [5, 5.41) is 9.36. The fourth-order valence-electron chi connectivity index (χ4n) is 3.02. The van der Waals surface area contributed by atoms with E-state index < -0.39 is 42.0 Å². The first-order chi connectivity index (χ1) is 12.7. The van der Waals surface area contributed by atoms with Gasteiger partial charge >= 0.3 is 18.0 Å². The quantitative estimate of drug-likeness (QED) is 0.598. The first-order valence-electron chi connectivity index (χ1n) is 8.54. The monoisotopic (exact) mass is 385 g/mol. The van der Waals surface area contributed by atoms with Crippen LogP contribution in [0.25, 0.3) is 0 Å². The van der Waals surface area contributed by atoms with Gasteiger partial charge in [-0.25, -0.2) is 18.4 Å². The highest BCUT2D eigenvalue weighted by atomic mass is 19.1. The van der Waals surface area contributed by atoms with Crippen LogP contribution in [0.1, 0.15) is 32.3 Å². The molecule has 0 aromatic heterocycles. The molecule has 1 N–H and O–H groups in total. The number of carboxylic acids is 1. The predicted octanol–water partition coefficient (Wildman–Crippen LogP) is 2.72. The van der Waals surface area contributed by atoms with Crippen LogP contribution in [-0.2, 0) is 25.5 Å². The van der Waals surface area contributed by atoms with E-state index in [9.17, 15) is 28.3 Å². The minimum Gasteiger partial charge on any atom is -0.480 e. The van der Waals surface area contributed by atoms with E-state index in [-0.39, 0.29) is 37.3 Å². The number of ether oxygens (including phenoxy) is 2. The van der Waals surface area contributed by atoms with E-state index in [0.29, 0.717) is 0 Å². The fourth-order valence-corrected chi connectivity index (χ4v) is 3.02. The van der Waals surface area contributed by atoms with Gasteiger partial charge in [0.15, 0.2) is 0 Å². The van der Waals surface area contributed by atoms with E-state index in [1.165, 1.54) is 6.92 Å². The second-order valence-electron chi connectivity index (χ2n) is 6.34. The molecule has 7 nitrogen and oxygen atoms in total. The van der Waals surface area contributed by atoms with E-state index in [4.69, 9.17) is 9.47 Å². The zero-order chi connectivity index (χ0) is 20.1. The van der Waals surface area contributed by atoms with Gasteiger partial charge in [-0.3, -0.25) is 9.69 Å². The summed E-state index contributed by atoms with van der Waals surface area (Å²) < 4.78 is 37.0. The van der Waals surface area contributed by atoms with Crippen molar-refractivity contribution in [1.82, 2.24) is 4.90 Å². The average molecular weight is 385 g/mol. The summed E-state index contributed by atoms with van der Waals surface area (Å²) in [4.78, 5) is 36.0. The van der Waals surface area contributed by atoms with Gasteiger partial charge < -0.3 is 14.6 Å². The van der Waals surface area contributed by atoms with Gasteiger partial charge in [0.1, 0.15) is 17.7 Å². The Morgan fingerprint density at radius 2 is 2.00 bits per heavy atom. The Bertz CT molecular complexity index is 726. The van der Waals surface area contributed by atoms with E-state index in [1.54, 1.807) is 6.92 Å². The summed E-state index contributed by atoms with van der Waals surface area (Å²) >= 11 is 0. The second-order valence-corrected chi connectivity index (χ2v) is 6.34. The van der Waals surface area contributed by atoms with Crippen LogP contribution in [0.15, 0.2) is 18.2 Å².